The number of carbonyl (C=O) groups is 2. The van der Waals surface area contributed by atoms with Gasteiger partial charge >= 0.3 is 22.7 Å². The van der Waals surface area contributed by atoms with Crippen molar-refractivity contribution in [3.05, 3.63) is 95.2 Å². The summed E-state index contributed by atoms with van der Waals surface area (Å²) in [6.45, 7) is 11.0. The van der Waals surface area contributed by atoms with Crippen molar-refractivity contribution in [3.8, 4) is 0 Å². The molecule has 5 aliphatic rings. The fraction of sp³-hybridized carbons (Fsp3) is 0.561. The number of benzene rings is 2. The van der Waals surface area contributed by atoms with E-state index in [2.05, 4.69) is 50.1 Å². The van der Waals surface area contributed by atoms with E-state index in [1.54, 1.807) is 4.90 Å². The van der Waals surface area contributed by atoms with E-state index in [9.17, 15) is 31.2 Å². The van der Waals surface area contributed by atoms with Gasteiger partial charge in [0.25, 0.3) is 0 Å². The molecule has 2 aromatic carbocycles. The predicted octanol–water partition coefficient (Wildman–Crippen LogP) is 8.76. The van der Waals surface area contributed by atoms with Crippen LogP contribution in [0.1, 0.15) is 105 Å². The molecule has 3 aliphatic heterocycles. The molecule has 2 amide bonds. The summed E-state index contributed by atoms with van der Waals surface area (Å²) >= 11 is 0. The SMILES string of the molecule is C.C.CC1(C)OB(C2=CCC3(CC2)CCN(Cc2ccccc2)C3=O)OC1(C)C.O=C1N(Cc2ccccc2)CCC12CC=C(OS(=O)(=O)C(F)(F)F)CC2. The van der Waals surface area contributed by atoms with E-state index in [1.165, 1.54) is 17.1 Å². The summed E-state index contributed by atoms with van der Waals surface area (Å²) in [4.78, 5) is 29.7. The second kappa shape index (κ2) is 16.5. The summed E-state index contributed by atoms with van der Waals surface area (Å²) in [5.41, 5.74) is -3.58. The zero-order chi connectivity index (χ0) is 38.3. The summed E-state index contributed by atoms with van der Waals surface area (Å²) in [7, 11) is -5.93. The van der Waals surface area contributed by atoms with E-state index >= 15 is 0 Å². The van der Waals surface area contributed by atoms with Gasteiger partial charge in [-0.05, 0) is 95.3 Å². The lowest BCUT2D eigenvalue weighted by Gasteiger charge is -2.32. The molecule has 0 saturated carbocycles. The molecule has 0 aromatic heterocycles. The van der Waals surface area contributed by atoms with Crippen LogP contribution in [0.5, 0.6) is 0 Å². The van der Waals surface area contributed by atoms with Crippen LogP contribution in [0.15, 0.2) is 84.0 Å². The maximum Gasteiger partial charge on any atom is 0.534 e. The highest BCUT2D eigenvalue weighted by molar-refractivity contribution is 7.87. The molecule has 2 spiro atoms. The number of alkyl halides is 3. The first-order chi connectivity index (χ1) is 24.9. The number of nitrogens with zero attached hydrogens (tertiary/aromatic N) is 2. The molecule has 2 aliphatic carbocycles. The predicted molar refractivity (Wildman–Crippen MR) is 207 cm³/mol. The Morgan fingerprint density at radius 1 is 0.709 bits per heavy atom. The summed E-state index contributed by atoms with van der Waals surface area (Å²) < 4.78 is 76.0. The minimum Gasteiger partial charge on any atom is -0.400 e. The van der Waals surface area contributed by atoms with Crippen molar-refractivity contribution >= 4 is 29.1 Å². The van der Waals surface area contributed by atoms with Crippen LogP contribution in [-0.4, -0.2) is 67.0 Å². The Kier molecular flexibility index (Phi) is 13.2. The van der Waals surface area contributed by atoms with Crippen molar-refractivity contribution in [2.45, 2.75) is 124 Å². The van der Waals surface area contributed by atoms with Crippen LogP contribution in [-0.2, 0) is 46.3 Å². The highest BCUT2D eigenvalue weighted by Crippen LogP contribution is 2.48. The van der Waals surface area contributed by atoms with Gasteiger partial charge in [0, 0.05) is 32.6 Å². The number of amides is 2. The van der Waals surface area contributed by atoms with Gasteiger partial charge in [-0.3, -0.25) is 9.59 Å². The molecule has 2 aromatic rings. The Hall–Kier alpha value is -3.62. The van der Waals surface area contributed by atoms with Crippen LogP contribution in [0.3, 0.4) is 0 Å². The van der Waals surface area contributed by atoms with Crippen LogP contribution < -0.4 is 0 Å². The van der Waals surface area contributed by atoms with Gasteiger partial charge in [-0.2, -0.15) is 21.6 Å². The van der Waals surface area contributed by atoms with E-state index in [0.717, 1.165) is 44.3 Å². The molecular formula is C41H56BF3N2O7S. The fourth-order valence-corrected chi connectivity index (χ4v) is 8.33. The second-order valence-electron chi connectivity index (χ2n) is 15.9. The lowest BCUT2D eigenvalue weighted by Crippen LogP contribution is -2.41. The lowest BCUT2D eigenvalue weighted by molar-refractivity contribution is -0.137. The quantitative estimate of drug-likeness (QED) is 0.157. The highest BCUT2D eigenvalue weighted by atomic mass is 32.2. The average molecular weight is 789 g/mol. The Bertz CT molecular complexity index is 1840. The minimum absolute atomic E-state index is 0. The Morgan fingerprint density at radius 3 is 1.53 bits per heavy atom. The van der Waals surface area contributed by atoms with E-state index in [0.29, 0.717) is 25.4 Å². The molecule has 55 heavy (non-hydrogen) atoms. The van der Waals surface area contributed by atoms with Crippen LogP contribution in [0.4, 0.5) is 13.2 Å². The molecule has 3 saturated heterocycles. The first-order valence-electron chi connectivity index (χ1n) is 18.3. The normalized spacial score (nSPS) is 25.8. The molecule has 2 atom stereocenters. The van der Waals surface area contributed by atoms with Gasteiger partial charge in [0.05, 0.1) is 22.0 Å². The molecular weight excluding hydrogens is 732 g/mol. The van der Waals surface area contributed by atoms with Crippen LogP contribution in [0.25, 0.3) is 0 Å². The first kappa shape index (κ1) is 44.1. The maximum atomic E-state index is 13.2. The standard InChI is InChI=1S/C22H30BNO3.C17H18F3NO4S.2CH4/c1-20(2)21(3,4)27-23(26-20)18-10-12-22(13-11-18)14-15-24(19(22)25)16-17-8-6-5-7-9-17;18-17(19,20)26(23,24)25-14-6-8-16(9-7-14)10-11-21(15(16)22)12-13-4-2-1-3-5-13;;/h5-10H,11-16H2,1-4H3;1-6H,7-12H2;2*1H4. The average Bonchev–Trinajstić information content (AvgIpc) is 3.65. The zero-order valence-electron chi connectivity index (χ0n) is 30.8. The molecule has 3 fully saturated rings. The van der Waals surface area contributed by atoms with Gasteiger partial charge in [0.1, 0.15) is 5.76 Å². The fourth-order valence-electron chi connectivity index (χ4n) is 7.80. The third kappa shape index (κ3) is 9.18. The van der Waals surface area contributed by atoms with Crippen molar-refractivity contribution in [3.63, 3.8) is 0 Å². The van der Waals surface area contributed by atoms with Gasteiger partial charge in [0.15, 0.2) is 0 Å². The second-order valence-corrected chi connectivity index (χ2v) is 17.5. The first-order valence-corrected chi connectivity index (χ1v) is 19.7. The lowest BCUT2D eigenvalue weighted by atomic mass is 9.65. The van der Waals surface area contributed by atoms with Crippen molar-refractivity contribution < 1.29 is 44.7 Å². The Morgan fingerprint density at radius 2 is 1.15 bits per heavy atom. The van der Waals surface area contributed by atoms with Crippen LogP contribution >= 0.6 is 0 Å². The number of rotatable bonds is 7. The maximum absolute atomic E-state index is 13.2. The molecule has 302 valence electrons. The largest absolute Gasteiger partial charge is 0.534 e. The number of allylic oxidation sites excluding steroid dienone is 4. The molecule has 14 heteroatoms. The Labute approximate surface area is 325 Å². The highest BCUT2D eigenvalue weighted by Gasteiger charge is 2.55. The number of hydrogen-bond acceptors (Lipinski definition) is 7. The van der Waals surface area contributed by atoms with Crippen molar-refractivity contribution in [1.82, 2.24) is 9.80 Å². The van der Waals surface area contributed by atoms with Crippen LogP contribution in [0, 0.1) is 10.8 Å². The van der Waals surface area contributed by atoms with E-state index in [4.69, 9.17) is 9.31 Å². The topological polar surface area (TPSA) is 102 Å². The van der Waals surface area contributed by atoms with E-state index < -0.39 is 21.0 Å². The van der Waals surface area contributed by atoms with E-state index in [1.807, 2.05) is 53.4 Å². The summed E-state index contributed by atoms with van der Waals surface area (Å²) in [6, 6.07) is 19.8. The van der Waals surface area contributed by atoms with Gasteiger partial charge in [-0.1, -0.05) is 81.6 Å². The number of carbonyl (C=O) groups excluding carboxylic acids is 2. The third-order valence-electron chi connectivity index (χ3n) is 11.9. The van der Waals surface area contributed by atoms with Crippen LogP contribution in [0.2, 0.25) is 0 Å². The van der Waals surface area contributed by atoms with Gasteiger partial charge in [0.2, 0.25) is 11.8 Å². The summed E-state index contributed by atoms with van der Waals surface area (Å²) in [5.74, 6) is 0.0214. The Balaban J connectivity index is 0.000000236. The molecule has 3 heterocycles. The van der Waals surface area contributed by atoms with Gasteiger partial charge in [-0.15, -0.1) is 0 Å². The van der Waals surface area contributed by atoms with E-state index in [-0.39, 0.29) is 69.5 Å². The zero-order valence-corrected chi connectivity index (χ0v) is 31.6. The van der Waals surface area contributed by atoms with Gasteiger partial charge in [-0.25, -0.2) is 0 Å². The third-order valence-corrected chi connectivity index (χ3v) is 12.9. The molecule has 2 unspecified atom stereocenters. The summed E-state index contributed by atoms with van der Waals surface area (Å²) in [6.07, 6.45) is 8.08. The monoisotopic (exact) mass is 788 g/mol. The number of halogens is 3. The molecule has 7 rings (SSSR count). The number of hydrogen-bond donors (Lipinski definition) is 0. The number of likely N-dealkylation sites (tertiary alicyclic amines) is 2. The van der Waals surface area contributed by atoms with Gasteiger partial charge < -0.3 is 23.3 Å². The van der Waals surface area contributed by atoms with Crippen molar-refractivity contribution in [2.24, 2.45) is 10.8 Å². The molecule has 0 N–H and O–H groups in total. The minimum atomic E-state index is -5.66. The van der Waals surface area contributed by atoms with Crippen molar-refractivity contribution in [1.29, 1.82) is 0 Å². The van der Waals surface area contributed by atoms with Crippen molar-refractivity contribution in [2.75, 3.05) is 13.1 Å². The molecule has 0 radical (unpaired) electrons. The molecule has 9 nitrogen and oxygen atoms in total. The molecule has 0 bridgehead atoms. The smallest absolute Gasteiger partial charge is 0.400 e. The summed E-state index contributed by atoms with van der Waals surface area (Å²) in [5, 5.41) is 0.